The molecule has 0 bridgehead atoms. The second-order valence-corrected chi connectivity index (χ2v) is 26.6. The summed E-state index contributed by atoms with van der Waals surface area (Å²) >= 11 is 0. The minimum absolute atomic E-state index is 0.235. The SMILES string of the molecule is CC(C)(C)c1cc2c3c(c1)N(c1cc(-c4ccccc4)c(-c4ccccc4)c(-c4ccccc4)c1-c1ccccc1)c1ccc(-c4ccccc4)cc1B3c1cc(-c3ccccc3)ccc1N2c1cc(-c2ccccc2)c(-c2ccccc2)c(-c2ccccc2)c1-c1ccccc1. The summed E-state index contributed by atoms with van der Waals surface area (Å²) in [7, 11) is 0. The van der Waals surface area contributed by atoms with Crippen molar-refractivity contribution >= 4 is 57.2 Å². The van der Waals surface area contributed by atoms with Gasteiger partial charge in [0.1, 0.15) is 0 Å². The van der Waals surface area contributed by atoms with Crippen LogP contribution in [-0.2, 0) is 5.41 Å². The molecule has 2 aliphatic heterocycles. The molecule has 0 N–H and O–H groups in total. The average molecular weight is 1240 g/mol. The van der Waals surface area contributed by atoms with E-state index in [1.807, 2.05) is 0 Å². The van der Waals surface area contributed by atoms with Crippen molar-refractivity contribution in [1.29, 1.82) is 0 Å². The van der Waals surface area contributed by atoms with E-state index in [2.05, 4.69) is 395 Å². The van der Waals surface area contributed by atoms with Crippen LogP contribution in [0.4, 0.5) is 34.1 Å². The van der Waals surface area contributed by atoms with E-state index >= 15 is 0 Å². The lowest BCUT2D eigenvalue weighted by Crippen LogP contribution is -2.61. The van der Waals surface area contributed by atoms with Gasteiger partial charge in [0.15, 0.2) is 0 Å². The Bertz CT molecular complexity index is 5040. The molecule has 2 heterocycles. The van der Waals surface area contributed by atoms with Crippen LogP contribution < -0.4 is 26.2 Å². The zero-order valence-electron chi connectivity index (χ0n) is 54.6. The van der Waals surface area contributed by atoms with Gasteiger partial charge in [-0.25, -0.2) is 0 Å². The third kappa shape index (κ3) is 10.5. The Hall–Kier alpha value is -12.0. The second-order valence-electron chi connectivity index (χ2n) is 26.6. The molecule has 15 aromatic rings. The highest BCUT2D eigenvalue weighted by Gasteiger charge is 2.46. The Kier molecular flexibility index (Phi) is 15.0. The van der Waals surface area contributed by atoms with Crippen LogP contribution in [0.1, 0.15) is 26.3 Å². The monoisotopic (exact) mass is 1240 g/mol. The molecule has 458 valence electrons. The third-order valence-electron chi connectivity index (χ3n) is 19.8. The van der Waals surface area contributed by atoms with Gasteiger partial charge >= 0.3 is 0 Å². The first-order chi connectivity index (χ1) is 47.8. The van der Waals surface area contributed by atoms with E-state index in [0.29, 0.717) is 0 Å². The molecule has 0 radical (unpaired) electrons. The normalized spacial score (nSPS) is 12.2. The van der Waals surface area contributed by atoms with Crippen molar-refractivity contribution in [2.75, 3.05) is 9.80 Å². The number of hydrogen-bond donors (Lipinski definition) is 0. The lowest BCUT2D eigenvalue weighted by molar-refractivity contribution is 0.590. The number of anilines is 6. The lowest BCUT2D eigenvalue weighted by Gasteiger charge is -2.46. The van der Waals surface area contributed by atoms with Gasteiger partial charge in [0.2, 0.25) is 0 Å². The van der Waals surface area contributed by atoms with E-state index in [-0.39, 0.29) is 12.1 Å². The predicted octanol–water partition coefficient (Wildman–Crippen LogP) is 23.7. The topological polar surface area (TPSA) is 6.48 Å². The van der Waals surface area contributed by atoms with Crippen molar-refractivity contribution in [3.8, 4) is 111 Å². The minimum atomic E-state index is -0.319. The fourth-order valence-corrected chi connectivity index (χ4v) is 15.3. The molecule has 2 aliphatic rings. The molecule has 0 aliphatic carbocycles. The van der Waals surface area contributed by atoms with Crippen molar-refractivity contribution < 1.29 is 0 Å². The van der Waals surface area contributed by atoms with Gasteiger partial charge in [-0.3, -0.25) is 0 Å². The van der Waals surface area contributed by atoms with Gasteiger partial charge in [0, 0.05) is 45.0 Å². The van der Waals surface area contributed by atoms with Crippen LogP contribution in [0.5, 0.6) is 0 Å². The van der Waals surface area contributed by atoms with Gasteiger partial charge in [-0.2, -0.15) is 0 Å². The number of hydrogen-bond acceptors (Lipinski definition) is 2. The van der Waals surface area contributed by atoms with Crippen molar-refractivity contribution in [3.05, 3.63) is 370 Å². The van der Waals surface area contributed by atoms with E-state index in [1.54, 1.807) is 0 Å². The molecule has 0 amide bonds. The van der Waals surface area contributed by atoms with E-state index in [0.717, 1.165) is 101 Å². The van der Waals surface area contributed by atoms with Crippen LogP contribution >= 0.6 is 0 Å². The first kappa shape index (κ1) is 58.8. The quantitative estimate of drug-likeness (QED) is 0.113. The van der Waals surface area contributed by atoms with Crippen LogP contribution in [0.15, 0.2) is 364 Å². The standard InChI is InChI=1S/C94H69BN2/c1-94(2,3)76-60-85-93-86(61-76)97(84-63-78(67-40-20-7-21-41-67)88(69-44-24-9-25-45-69)92(73-52-32-13-33-53-73)90(84)71-48-28-11-29-49-71)82-57-55-75(65-36-16-5-17-37-65)59-80(82)95(93)79-58-74(64-34-14-4-15-35-64)54-56-81(79)96(85)83-62-77(66-38-18-6-19-39-66)87(68-42-22-8-23-43-68)91(72-50-30-12-31-51-72)89(83)70-46-26-10-27-47-70/h4-63H,1-3H3. The maximum Gasteiger partial charge on any atom is 0.252 e. The fraction of sp³-hybridized carbons (Fsp3) is 0.0426. The van der Waals surface area contributed by atoms with Crippen LogP contribution in [0.3, 0.4) is 0 Å². The van der Waals surface area contributed by atoms with Gasteiger partial charge in [-0.15, -0.1) is 0 Å². The number of benzene rings is 15. The molecule has 0 unspecified atom stereocenters. The lowest BCUT2D eigenvalue weighted by atomic mass is 9.33. The minimum Gasteiger partial charge on any atom is -0.311 e. The van der Waals surface area contributed by atoms with Gasteiger partial charge in [0.25, 0.3) is 6.71 Å². The Labute approximate surface area is 570 Å². The average Bonchev–Trinajstić information content (AvgIpc) is 0.688. The molecule has 15 aromatic carbocycles. The van der Waals surface area contributed by atoms with Gasteiger partial charge < -0.3 is 9.80 Å². The highest BCUT2D eigenvalue weighted by Crippen LogP contribution is 2.58. The number of nitrogens with zero attached hydrogens (tertiary/aromatic N) is 2. The molecule has 0 atom stereocenters. The van der Waals surface area contributed by atoms with Crippen molar-refractivity contribution in [2.45, 2.75) is 26.2 Å². The molecule has 0 spiro atoms. The van der Waals surface area contributed by atoms with Gasteiger partial charge in [-0.1, -0.05) is 348 Å². The Morgan fingerprint density at radius 1 is 0.206 bits per heavy atom. The smallest absolute Gasteiger partial charge is 0.252 e. The van der Waals surface area contributed by atoms with Crippen LogP contribution in [0.25, 0.3) is 111 Å². The first-order valence-corrected chi connectivity index (χ1v) is 33.8. The molecule has 0 fully saturated rings. The van der Waals surface area contributed by atoms with Crippen LogP contribution in [0, 0.1) is 0 Å². The summed E-state index contributed by atoms with van der Waals surface area (Å²) in [6, 6.07) is 136. The summed E-state index contributed by atoms with van der Waals surface area (Å²) < 4.78 is 0. The van der Waals surface area contributed by atoms with E-state index in [4.69, 9.17) is 0 Å². The van der Waals surface area contributed by atoms with Crippen LogP contribution in [-0.4, -0.2) is 6.71 Å². The summed E-state index contributed by atoms with van der Waals surface area (Å²) in [6.07, 6.45) is 0. The first-order valence-electron chi connectivity index (χ1n) is 33.8. The van der Waals surface area contributed by atoms with E-state index in [1.165, 1.54) is 66.5 Å². The highest BCUT2D eigenvalue weighted by atomic mass is 15.2. The molecule has 0 saturated carbocycles. The molecule has 2 nitrogen and oxygen atoms in total. The summed E-state index contributed by atoms with van der Waals surface area (Å²) in [5, 5.41) is 0. The molecule has 97 heavy (non-hydrogen) atoms. The zero-order chi connectivity index (χ0) is 65.0. The summed E-state index contributed by atoms with van der Waals surface area (Å²) in [5.41, 5.74) is 34.5. The maximum absolute atomic E-state index is 2.69. The van der Waals surface area contributed by atoms with E-state index < -0.39 is 0 Å². The molecule has 0 aromatic heterocycles. The summed E-state index contributed by atoms with van der Waals surface area (Å²) in [5.74, 6) is 0. The molecular formula is C94H69BN2. The maximum atomic E-state index is 2.69. The van der Waals surface area contributed by atoms with Crippen molar-refractivity contribution in [2.24, 2.45) is 0 Å². The molecular weight excluding hydrogens is 1170 g/mol. The molecule has 17 rings (SSSR count). The summed E-state index contributed by atoms with van der Waals surface area (Å²) in [4.78, 5) is 5.38. The Morgan fingerprint density at radius 2 is 0.464 bits per heavy atom. The second kappa shape index (κ2) is 24.7. The van der Waals surface area contributed by atoms with Gasteiger partial charge in [0.05, 0.1) is 11.4 Å². The number of rotatable bonds is 12. The number of fused-ring (bicyclic) bond motifs is 4. The van der Waals surface area contributed by atoms with E-state index in [9.17, 15) is 0 Å². The predicted molar refractivity (Wildman–Crippen MR) is 414 cm³/mol. The van der Waals surface area contributed by atoms with Gasteiger partial charge in [-0.05, 0) is 153 Å². The highest BCUT2D eigenvalue weighted by molar-refractivity contribution is 7.00. The molecule has 3 heteroatoms. The Balaban J connectivity index is 1.08. The summed E-state index contributed by atoms with van der Waals surface area (Å²) in [6.45, 7) is 6.92. The third-order valence-corrected chi connectivity index (χ3v) is 19.8. The van der Waals surface area contributed by atoms with Crippen LogP contribution in [0.2, 0.25) is 0 Å². The Morgan fingerprint density at radius 3 is 0.753 bits per heavy atom. The van der Waals surface area contributed by atoms with Crippen molar-refractivity contribution in [3.63, 3.8) is 0 Å². The zero-order valence-corrected chi connectivity index (χ0v) is 54.6. The molecule has 0 saturated heterocycles. The largest absolute Gasteiger partial charge is 0.311 e. The van der Waals surface area contributed by atoms with Crippen molar-refractivity contribution in [1.82, 2.24) is 0 Å². The fourth-order valence-electron chi connectivity index (χ4n) is 15.3.